The minimum absolute atomic E-state index is 0.161. The van der Waals surface area contributed by atoms with E-state index in [4.69, 9.17) is 9.47 Å². The second-order valence-corrected chi connectivity index (χ2v) is 7.35. The van der Waals surface area contributed by atoms with Gasteiger partial charge in [-0.05, 0) is 56.2 Å². The van der Waals surface area contributed by atoms with Gasteiger partial charge >= 0.3 is 0 Å². The SMILES string of the molecule is Cc1nc(OCCNC(=O)c2ccc(Oc3ccccc3)cc2)cc(N2CCCC2)n1. The van der Waals surface area contributed by atoms with E-state index in [1.807, 2.05) is 43.3 Å². The van der Waals surface area contributed by atoms with Crippen molar-refractivity contribution in [1.29, 1.82) is 0 Å². The normalized spacial score (nSPS) is 13.1. The summed E-state index contributed by atoms with van der Waals surface area (Å²) in [4.78, 5) is 23.5. The maximum absolute atomic E-state index is 12.4. The number of carbonyl (C=O) groups is 1. The Kier molecular flexibility index (Phi) is 6.62. The van der Waals surface area contributed by atoms with Gasteiger partial charge in [0.2, 0.25) is 5.88 Å². The molecule has 0 radical (unpaired) electrons. The lowest BCUT2D eigenvalue weighted by Crippen LogP contribution is -2.28. The van der Waals surface area contributed by atoms with Crippen molar-refractivity contribution in [3.63, 3.8) is 0 Å². The summed E-state index contributed by atoms with van der Waals surface area (Å²) in [7, 11) is 0. The van der Waals surface area contributed by atoms with Gasteiger partial charge in [-0.15, -0.1) is 0 Å². The third-order valence-electron chi connectivity index (χ3n) is 4.96. The fraction of sp³-hybridized carbons (Fsp3) is 0.292. The molecule has 0 spiro atoms. The Morgan fingerprint density at radius 1 is 1.00 bits per heavy atom. The number of carbonyl (C=O) groups excluding carboxylic acids is 1. The predicted octanol–water partition coefficient (Wildman–Crippen LogP) is 3.99. The van der Waals surface area contributed by atoms with Crippen LogP contribution in [0, 0.1) is 6.92 Å². The summed E-state index contributed by atoms with van der Waals surface area (Å²) in [5.41, 5.74) is 0.564. The zero-order valence-electron chi connectivity index (χ0n) is 17.6. The van der Waals surface area contributed by atoms with E-state index in [1.54, 1.807) is 24.3 Å². The van der Waals surface area contributed by atoms with Crippen LogP contribution in [0.2, 0.25) is 0 Å². The molecule has 1 aromatic heterocycles. The van der Waals surface area contributed by atoms with Crippen molar-refractivity contribution >= 4 is 11.7 Å². The van der Waals surface area contributed by atoms with Crippen LogP contribution in [0.15, 0.2) is 60.7 Å². The zero-order valence-corrected chi connectivity index (χ0v) is 17.6. The number of amides is 1. The molecule has 1 saturated heterocycles. The van der Waals surface area contributed by atoms with Crippen LogP contribution in [0.1, 0.15) is 29.0 Å². The second kappa shape index (κ2) is 9.93. The monoisotopic (exact) mass is 418 g/mol. The first kappa shape index (κ1) is 20.7. The van der Waals surface area contributed by atoms with E-state index in [0.29, 0.717) is 36.2 Å². The molecule has 2 heterocycles. The van der Waals surface area contributed by atoms with Gasteiger partial charge in [0.05, 0.1) is 6.54 Å². The van der Waals surface area contributed by atoms with Gasteiger partial charge in [0.25, 0.3) is 5.91 Å². The van der Waals surface area contributed by atoms with Gasteiger partial charge in [-0.25, -0.2) is 4.98 Å². The molecule has 31 heavy (non-hydrogen) atoms. The highest BCUT2D eigenvalue weighted by Crippen LogP contribution is 2.22. The highest BCUT2D eigenvalue weighted by molar-refractivity contribution is 5.94. The lowest BCUT2D eigenvalue weighted by Gasteiger charge is -2.17. The van der Waals surface area contributed by atoms with Gasteiger partial charge in [-0.1, -0.05) is 18.2 Å². The Morgan fingerprint density at radius 2 is 1.71 bits per heavy atom. The molecule has 0 bridgehead atoms. The molecule has 0 aliphatic carbocycles. The number of hydrogen-bond donors (Lipinski definition) is 1. The maximum Gasteiger partial charge on any atom is 0.251 e. The highest BCUT2D eigenvalue weighted by Gasteiger charge is 2.15. The van der Waals surface area contributed by atoms with E-state index in [0.717, 1.165) is 24.7 Å². The van der Waals surface area contributed by atoms with Crippen LogP contribution in [0.4, 0.5) is 5.82 Å². The number of rotatable bonds is 8. The summed E-state index contributed by atoms with van der Waals surface area (Å²) >= 11 is 0. The van der Waals surface area contributed by atoms with Crippen LogP contribution in [0.25, 0.3) is 0 Å². The van der Waals surface area contributed by atoms with Gasteiger partial charge in [-0.3, -0.25) is 4.79 Å². The first-order chi connectivity index (χ1) is 15.2. The quantitative estimate of drug-likeness (QED) is 0.558. The molecule has 1 N–H and O–H groups in total. The molecule has 1 aliphatic rings. The highest BCUT2D eigenvalue weighted by atomic mass is 16.5. The lowest BCUT2D eigenvalue weighted by molar-refractivity contribution is 0.0946. The van der Waals surface area contributed by atoms with Crippen molar-refractivity contribution in [2.75, 3.05) is 31.1 Å². The average Bonchev–Trinajstić information content (AvgIpc) is 3.33. The van der Waals surface area contributed by atoms with Gasteiger partial charge in [0.15, 0.2) is 0 Å². The number of anilines is 1. The number of aromatic nitrogens is 2. The molecule has 1 aliphatic heterocycles. The maximum atomic E-state index is 12.4. The second-order valence-electron chi connectivity index (χ2n) is 7.35. The Morgan fingerprint density at radius 3 is 2.45 bits per heavy atom. The molecular formula is C24H26N4O3. The third-order valence-corrected chi connectivity index (χ3v) is 4.96. The van der Waals surface area contributed by atoms with E-state index in [-0.39, 0.29) is 5.91 Å². The van der Waals surface area contributed by atoms with E-state index >= 15 is 0 Å². The number of hydrogen-bond acceptors (Lipinski definition) is 6. The molecular weight excluding hydrogens is 392 g/mol. The molecule has 1 fully saturated rings. The van der Waals surface area contributed by atoms with Crippen LogP contribution in [0.5, 0.6) is 17.4 Å². The van der Waals surface area contributed by atoms with Crippen LogP contribution < -0.4 is 19.7 Å². The molecule has 7 nitrogen and oxygen atoms in total. The van der Waals surface area contributed by atoms with Crippen LogP contribution in [-0.4, -0.2) is 42.1 Å². The molecule has 0 saturated carbocycles. The molecule has 7 heteroatoms. The number of benzene rings is 2. The number of aryl methyl sites for hydroxylation is 1. The largest absolute Gasteiger partial charge is 0.476 e. The van der Waals surface area contributed by atoms with E-state index < -0.39 is 0 Å². The first-order valence-electron chi connectivity index (χ1n) is 10.5. The van der Waals surface area contributed by atoms with Crippen molar-refractivity contribution in [1.82, 2.24) is 15.3 Å². The fourth-order valence-electron chi connectivity index (χ4n) is 3.43. The van der Waals surface area contributed by atoms with Gasteiger partial charge < -0.3 is 19.7 Å². The van der Waals surface area contributed by atoms with Crippen molar-refractivity contribution in [2.45, 2.75) is 19.8 Å². The minimum Gasteiger partial charge on any atom is -0.476 e. The van der Waals surface area contributed by atoms with Crippen molar-refractivity contribution < 1.29 is 14.3 Å². The van der Waals surface area contributed by atoms with Crippen LogP contribution in [-0.2, 0) is 0 Å². The summed E-state index contributed by atoms with van der Waals surface area (Å²) in [5.74, 6) is 3.39. The smallest absolute Gasteiger partial charge is 0.251 e. The Bertz CT molecular complexity index is 1000. The number of nitrogens with one attached hydrogen (secondary N) is 1. The van der Waals surface area contributed by atoms with Crippen molar-refractivity contribution in [2.24, 2.45) is 0 Å². The van der Waals surface area contributed by atoms with Crippen molar-refractivity contribution in [3.8, 4) is 17.4 Å². The Hall–Kier alpha value is -3.61. The number of ether oxygens (including phenoxy) is 2. The average molecular weight is 418 g/mol. The predicted molar refractivity (Wildman–Crippen MR) is 119 cm³/mol. The summed E-state index contributed by atoms with van der Waals surface area (Å²) in [5, 5.41) is 2.86. The van der Waals surface area contributed by atoms with Crippen LogP contribution in [0.3, 0.4) is 0 Å². The van der Waals surface area contributed by atoms with E-state index in [1.165, 1.54) is 12.8 Å². The molecule has 4 rings (SSSR count). The summed E-state index contributed by atoms with van der Waals surface area (Å²) in [6, 6.07) is 18.4. The molecule has 0 atom stereocenters. The van der Waals surface area contributed by atoms with Gasteiger partial charge in [-0.2, -0.15) is 4.98 Å². The standard InChI is InChI=1S/C24H26N4O3/c1-18-26-22(28-14-5-6-15-28)17-23(27-18)30-16-13-25-24(29)19-9-11-21(12-10-19)31-20-7-3-2-4-8-20/h2-4,7-12,17H,5-6,13-16H2,1H3,(H,25,29). The molecule has 160 valence electrons. The van der Waals surface area contributed by atoms with Gasteiger partial charge in [0, 0.05) is 24.7 Å². The molecule has 1 amide bonds. The molecule has 0 unspecified atom stereocenters. The topological polar surface area (TPSA) is 76.6 Å². The lowest BCUT2D eigenvalue weighted by atomic mass is 10.2. The summed E-state index contributed by atoms with van der Waals surface area (Å²) in [6.07, 6.45) is 2.37. The zero-order chi connectivity index (χ0) is 21.5. The van der Waals surface area contributed by atoms with E-state index in [2.05, 4.69) is 20.2 Å². The van der Waals surface area contributed by atoms with Crippen molar-refractivity contribution in [3.05, 3.63) is 72.1 Å². The Balaban J connectivity index is 1.25. The third kappa shape index (κ3) is 5.72. The van der Waals surface area contributed by atoms with Crippen LogP contribution >= 0.6 is 0 Å². The number of nitrogens with zero attached hydrogens (tertiary/aromatic N) is 3. The number of para-hydroxylation sites is 1. The summed E-state index contributed by atoms with van der Waals surface area (Å²) in [6.45, 7) is 4.60. The Labute approximate surface area is 182 Å². The van der Waals surface area contributed by atoms with Gasteiger partial charge in [0.1, 0.15) is 29.7 Å². The molecule has 2 aromatic carbocycles. The molecule has 3 aromatic rings. The fourth-order valence-corrected chi connectivity index (χ4v) is 3.43. The first-order valence-corrected chi connectivity index (χ1v) is 10.5. The van der Waals surface area contributed by atoms with E-state index in [9.17, 15) is 4.79 Å². The minimum atomic E-state index is -0.161. The summed E-state index contributed by atoms with van der Waals surface area (Å²) < 4.78 is 11.5.